The van der Waals surface area contributed by atoms with Crippen LogP contribution in [0.25, 0.3) is 0 Å². The highest BCUT2D eigenvalue weighted by molar-refractivity contribution is 7.89. The van der Waals surface area contributed by atoms with E-state index in [2.05, 4.69) is 4.72 Å². The average molecular weight is 416 g/mol. The molecule has 0 fully saturated rings. The number of benzene rings is 2. The number of aryl methyl sites for hydroxylation is 2. The first-order valence-electron chi connectivity index (χ1n) is 9.67. The van der Waals surface area contributed by atoms with Crippen LogP contribution in [-0.2, 0) is 32.4 Å². The van der Waals surface area contributed by atoms with Crippen molar-refractivity contribution < 1.29 is 22.7 Å². The molecule has 0 radical (unpaired) electrons. The van der Waals surface area contributed by atoms with Gasteiger partial charge in [-0.2, -0.15) is 4.72 Å². The molecule has 0 aliphatic heterocycles. The van der Waals surface area contributed by atoms with Crippen LogP contribution in [0.4, 0.5) is 0 Å². The van der Waals surface area contributed by atoms with E-state index in [9.17, 15) is 18.0 Å². The third-order valence-electron chi connectivity index (χ3n) is 5.02. The van der Waals surface area contributed by atoms with E-state index < -0.39 is 28.6 Å². The van der Waals surface area contributed by atoms with Gasteiger partial charge in [-0.15, -0.1) is 0 Å². The Labute approximate surface area is 171 Å². The molecule has 0 saturated carbocycles. The van der Waals surface area contributed by atoms with Gasteiger partial charge in [-0.25, -0.2) is 8.42 Å². The van der Waals surface area contributed by atoms with Gasteiger partial charge in [0.05, 0.1) is 4.90 Å². The number of hydrogen-bond donors (Lipinski definition) is 1. The smallest absolute Gasteiger partial charge is 0.324 e. The number of hydrogen-bond acceptors (Lipinski definition) is 5. The molecular formula is C22H25NO5S. The maximum Gasteiger partial charge on any atom is 0.324 e. The summed E-state index contributed by atoms with van der Waals surface area (Å²) in [4.78, 5) is 25.0. The van der Waals surface area contributed by atoms with Gasteiger partial charge in [0.25, 0.3) is 0 Å². The summed E-state index contributed by atoms with van der Waals surface area (Å²) in [6, 6.07) is 12.3. The quantitative estimate of drug-likeness (QED) is 0.529. The van der Waals surface area contributed by atoms with Gasteiger partial charge in [-0.1, -0.05) is 44.2 Å². The number of fused-ring (bicyclic) bond motifs is 1. The lowest BCUT2D eigenvalue weighted by Crippen LogP contribution is -2.45. The lowest BCUT2D eigenvalue weighted by atomic mass is 10.0. The molecule has 0 aromatic heterocycles. The molecule has 154 valence electrons. The molecule has 0 spiro atoms. The molecule has 0 amide bonds. The largest absolute Gasteiger partial charge is 0.456 e. The third-order valence-corrected chi connectivity index (χ3v) is 6.48. The monoisotopic (exact) mass is 415 g/mol. The van der Waals surface area contributed by atoms with Crippen molar-refractivity contribution in [1.29, 1.82) is 0 Å². The maximum atomic E-state index is 12.5. The Balaban J connectivity index is 1.65. The molecule has 1 N–H and O–H groups in total. The van der Waals surface area contributed by atoms with Crippen molar-refractivity contribution in [3.05, 3.63) is 65.2 Å². The number of sulfonamides is 1. The second kappa shape index (κ2) is 8.88. The van der Waals surface area contributed by atoms with Gasteiger partial charge in [-0.05, 0) is 54.5 Å². The van der Waals surface area contributed by atoms with Crippen LogP contribution < -0.4 is 4.72 Å². The molecule has 6 nitrogen and oxygen atoms in total. The minimum absolute atomic E-state index is 0.0627. The minimum atomic E-state index is -3.88. The van der Waals surface area contributed by atoms with Gasteiger partial charge in [0.2, 0.25) is 10.0 Å². The van der Waals surface area contributed by atoms with Gasteiger partial charge in [0, 0.05) is 5.56 Å². The van der Waals surface area contributed by atoms with E-state index in [0.29, 0.717) is 5.56 Å². The van der Waals surface area contributed by atoms with Crippen LogP contribution in [0.2, 0.25) is 0 Å². The summed E-state index contributed by atoms with van der Waals surface area (Å²) in [5.41, 5.74) is 2.93. The number of Topliss-reactive ketones (excluding diaryl/α,β-unsaturated/α-hetero) is 1. The summed E-state index contributed by atoms with van der Waals surface area (Å²) < 4.78 is 32.6. The first kappa shape index (κ1) is 21.2. The van der Waals surface area contributed by atoms with E-state index >= 15 is 0 Å². The molecule has 29 heavy (non-hydrogen) atoms. The first-order chi connectivity index (χ1) is 13.8. The average Bonchev–Trinajstić information content (AvgIpc) is 3.18. The molecule has 0 unspecified atom stereocenters. The van der Waals surface area contributed by atoms with Gasteiger partial charge < -0.3 is 4.74 Å². The molecule has 0 bridgehead atoms. The first-order valence-corrected chi connectivity index (χ1v) is 11.2. The summed E-state index contributed by atoms with van der Waals surface area (Å²) in [7, 11) is -3.88. The van der Waals surface area contributed by atoms with Crippen molar-refractivity contribution >= 4 is 21.8 Å². The topological polar surface area (TPSA) is 89.5 Å². The molecule has 1 aliphatic carbocycles. The molecule has 7 heteroatoms. The summed E-state index contributed by atoms with van der Waals surface area (Å²) in [5, 5.41) is 0. The van der Waals surface area contributed by atoms with Crippen LogP contribution in [0.5, 0.6) is 0 Å². The summed E-state index contributed by atoms with van der Waals surface area (Å²) >= 11 is 0. The zero-order valence-electron chi connectivity index (χ0n) is 16.6. The fraction of sp³-hybridized carbons (Fsp3) is 0.364. The van der Waals surface area contributed by atoms with Crippen molar-refractivity contribution in [2.75, 3.05) is 6.61 Å². The molecule has 2 aromatic rings. The van der Waals surface area contributed by atoms with Gasteiger partial charge >= 0.3 is 5.97 Å². The van der Waals surface area contributed by atoms with Crippen molar-refractivity contribution in [1.82, 2.24) is 4.72 Å². The number of nitrogens with one attached hydrogen (secondary N) is 1. The molecule has 2 aromatic carbocycles. The normalized spacial score (nSPS) is 14.4. The Morgan fingerprint density at radius 3 is 2.41 bits per heavy atom. The van der Waals surface area contributed by atoms with Crippen LogP contribution in [-0.4, -0.2) is 32.8 Å². The maximum absolute atomic E-state index is 12.5. The van der Waals surface area contributed by atoms with Crippen LogP contribution >= 0.6 is 0 Å². The number of carbonyl (C=O) groups excluding carboxylic acids is 2. The lowest BCUT2D eigenvalue weighted by molar-refractivity contribution is -0.145. The van der Waals surface area contributed by atoms with Crippen molar-refractivity contribution in [2.45, 2.75) is 44.0 Å². The molecule has 1 atom stereocenters. The van der Waals surface area contributed by atoms with E-state index in [1.54, 1.807) is 38.1 Å². The van der Waals surface area contributed by atoms with E-state index in [1.165, 1.54) is 17.7 Å². The highest BCUT2D eigenvalue weighted by atomic mass is 32.2. The van der Waals surface area contributed by atoms with Crippen LogP contribution in [0.1, 0.15) is 41.8 Å². The summed E-state index contributed by atoms with van der Waals surface area (Å²) in [6.07, 6.45) is 3.06. The summed E-state index contributed by atoms with van der Waals surface area (Å²) in [5.74, 6) is -1.42. The second-order valence-corrected chi connectivity index (χ2v) is 9.24. The third kappa shape index (κ3) is 5.10. The van der Waals surface area contributed by atoms with E-state index in [-0.39, 0.29) is 16.6 Å². The Morgan fingerprint density at radius 1 is 1.03 bits per heavy atom. The number of ketones is 1. The van der Waals surface area contributed by atoms with Crippen molar-refractivity contribution in [2.24, 2.45) is 5.92 Å². The minimum Gasteiger partial charge on any atom is -0.456 e. The van der Waals surface area contributed by atoms with E-state index in [0.717, 1.165) is 24.8 Å². The number of ether oxygens (including phenoxy) is 1. The Bertz CT molecular complexity index is 999. The lowest BCUT2D eigenvalue weighted by Gasteiger charge is -2.20. The number of carbonyl (C=O) groups is 2. The standard InChI is InChI=1S/C22H25NO5S/c1-15(2)21(23-29(26,27)19-9-4-3-5-10-19)22(25)28-14-20(24)18-12-11-16-7-6-8-17(16)13-18/h3-5,9-13,15,21,23H,6-8,14H2,1-2H3/t21-/m0/s1. The zero-order valence-corrected chi connectivity index (χ0v) is 17.4. The Kier molecular flexibility index (Phi) is 6.49. The number of rotatable bonds is 8. The highest BCUT2D eigenvalue weighted by Crippen LogP contribution is 2.23. The Morgan fingerprint density at radius 2 is 1.72 bits per heavy atom. The van der Waals surface area contributed by atoms with Crippen LogP contribution in [0.3, 0.4) is 0 Å². The van der Waals surface area contributed by atoms with Crippen LogP contribution in [0.15, 0.2) is 53.4 Å². The molecular weight excluding hydrogens is 390 g/mol. The van der Waals surface area contributed by atoms with Gasteiger partial charge in [0.15, 0.2) is 12.4 Å². The van der Waals surface area contributed by atoms with Crippen molar-refractivity contribution in [3.8, 4) is 0 Å². The molecule has 3 rings (SSSR count). The molecule has 0 saturated heterocycles. The predicted octanol–water partition coefficient (Wildman–Crippen LogP) is 2.90. The molecule has 1 aliphatic rings. The Hall–Kier alpha value is -2.51. The van der Waals surface area contributed by atoms with Crippen molar-refractivity contribution in [3.63, 3.8) is 0 Å². The van der Waals surface area contributed by atoms with Crippen LogP contribution in [0, 0.1) is 5.92 Å². The summed E-state index contributed by atoms with van der Waals surface area (Å²) in [6.45, 7) is 3.00. The fourth-order valence-electron chi connectivity index (χ4n) is 3.35. The fourth-order valence-corrected chi connectivity index (χ4v) is 4.70. The SMILES string of the molecule is CC(C)[C@H](NS(=O)(=O)c1ccccc1)C(=O)OCC(=O)c1ccc2c(c1)CCC2. The second-order valence-electron chi connectivity index (χ2n) is 7.52. The zero-order chi connectivity index (χ0) is 21.0. The predicted molar refractivity (Wildman–Crippen MR) is 109 cm³/mol. The number of esters is 1. The van der Waals surface area contributed by atoms with Gasteiger partial charge in [0.1, 0.15) is 6.04 Å². The highest BCUT2D eigenvalue weighted by Gasteiger charge is 2.30. The van der Waals surface area contributed by atoms with Gasteiger partial charge in [-0.3, -0.25) is 9.59 Å². The molecule has 0 heterocycles. The van der Waals surface area contributed by atoms with E-state index in [1.807, 2.05) is 12.1 Å². The van der Waals surface area contributed by atoms with E-state index in [4.69, 9.17) is 4.74 Å².